The molecule has 1 heterocycles. The molecule has 1 aromatic rings. The number of nitrogens with zero attached hydrogens (tertiary/aromatic N) is 1. The summed E-state index contributed by atoms with van der Waals surface area (Å²) in [5.41, 5.74) is 0.790. The van der Waals surface area contributed by atoms with Crippen LogP contribution < -0.4 is 4.74 Å². The van der Waals surface area contributed by atoms with Gasteiger partial charge >= 0.3 is 0 Å². The first-order valence-electron chi connectivity index (χ1n) is 4.90. The Hall–Kier alpha value is -1.12. The van der Waals surface area contributed by atoms with Crippen molar-refractivity contribution < 1.29 is 9.13 Å². The van der Waals surface area contributed by atoms with Crippen molar-refractivity contribution in [2.24, 2.45) is 0 Å². The Morgan fingerprint density at radius 1 is 1.21 bits per heavy atom. The Bertz CT molecular complexity index is 239. The van der Waals surface area contributed by atoms with Gasteiger partial charge in [0.2, 0.25) is 5.88 Å². The zero-order valence-electron chi connectivity index (χ0n) is 9.89. The van der Waals surface area contributed by atoms with Crippen LogP contribution in [0.1, 0.15) is 33.3 Å². The molecular formula is C11H20FNO. The van der Waals surface area contributed by atoms with Crippen LogP contribution in [0.4, 0.5) is 4.39 Å². The standard InChI is InChI=1S/C7H8FNO.2C2H6/c1-5-3-6(8)7(10-2)9-4-5;2*1-2/h3-4H,1-2H3;2*1-2H3. The molecule has 0 N–H and O–H groups in total. The summed E-state index contributed by atoms with van der Waals surface area (Å²) in [4.78, 5) is 3.70. The summed E-state index contributed by atoms with van der Waals surface area (Å²) in [5, 5.41) is 0. The Morgan fingerprint density at radius 2 is 1.71 bits per heavy atom. The van der Waals surface area contributed by atoms with E-state index in [1.807, 2.05) is 27.7 Å². The number of halogens is 1. The largest absolute Gasteiger partial charge is 0.479 e. The topological polar surface area (TPSA) is 22.1 Å². The quantitative estimate of drug-likeness (QED) is 0.692. The van der Waals surface area contributed by atoms with Gasteiger partial charge in [-0.25, -0.2) is 9.37 Å². The average molecular weight is 201 g/mol. The first kappa shape index (κ1) is 15.4. The summed E-state index contributed by atoms with van der Waals surface area (Å²) < 4.78 is 17.3. The van der Waals surface area contributed by atoms with Crippen molar-refractivity contribution in [2.75, 3.05) is 7.11 Å². The van der Waals surface area contributed by atoms with Crippen molar-refractivity contribution in [3.05, 3.63) is 23.6 Å². The second-order valence-electron chi connectivity index (χ2n) is 2.00. The number of aromatic nitrogens is 1. The lowest BCUT2D eigenvalue weighted by Gasteiger charge is -1.98. The third kappa shape index (κ3) is 5.51. The zero-order valence-corrected chi connectivity index (χ0v) is 9.89. The molecular weight excluding hydrogens is 181 g/mol. The maximum Gasteiger partial charge on any atom is 0.250 e. The molecule has 0 aromatic carbocycles. The van der Waals surface area contributed by atoms with Crippen molar-refractivity contribution in [3.63, 3.8) is 0 Å². The van der Waals surface area contributed by atoms with E-state index < -0.39 is 5.82 Å². The highest BCUT2D eigenvalue weighted by atomic mass is 19.1. The minimum atomic E-state index is -0.414. The fraction of sp³-hybridized carbons (Fsp3) is 0.545. The number of ether oxygens (including phenoxy) is 1. The van der Waals surface area contributed by atoms with Crippen LogP contribution in [0.5, 0.6) is 5.88 Å². The summed E-state index contributed by atoms with van der Waals surface area (Å²) in [6, 6.07) is 1.38. The highest BCUT2D eigenvalue weighted by Crippen LogP contribution is 2.12. The number of rotatable bonds is 1. The molecule has 0 unspecified atom stereocenters. The van der Waals surface area contributed by atoms with Gasteiger partial charge in [0.1, 0.15) is 0 Å². The normalized spacial score (nSPS) is 7.64. The Balaban J connectivity index is 0. The third-order valence-corrected chi connectivity index (χ3v) is 1.14. The molecule has 0 amide bonds. The number of hydrogen-bond acceptors (Lipinski definition) is 2. The van der Waals surface area contributed by atoms with Gasteiger partial charge in [0.15, 0.2) is 5.82 Å². The molecule has 0 radical (unpaired) electrons. The van der Waals surface area contributed by atoms with Gasteiger partial charge in [-0.2, -0.15) is 0 Å². The second kappa shape index (κ2) is 9.96. The minimum Gasteiger partial charge on any atom is -0.479 e. The highest BCUT2D eigenvalue weighted by molar-refractivity contribution is 5.18. The van der Waals surface area contributed by atoms with Gasteiger partial charge in [-0.3, -0.25) is 0 Å². The third-order valence-electron chi connectivity index (χ3n) is 1.14. The predicted molar refractivity (Wildman–Crippen MR) is 58.2 cm³/mol. The van der Waals surface area contributed by atoms with E-state index >= 15 is 0 Å². The number of aryl methyl sites for hydroxylation is 1. The summed E-state index contributed by atoms with van der Waals surface area (Å²) in [7, 11) is 1.39. The Morgan fingerprint density at radius 3 is 2.07 bits per heavy atom. The molecule has 82 valence electrons. The summed E-state index contributed by atoms with van der Waals surface area (Å²) in [5.74, 6) is -0.367. The van der Waals surface area contributed by atoms with E-state index in [1.165, 1.54) is 13.2 Å². The van der Waals surface area contributed by atoms with E-state index in [-0.39, 0.29) is 5.88 Å². The molecule has 3 heteroatoms. The Labute approximate surface area is 86.1 Å². The van der Waals surface area contributed by atoms with Gasteiger partial charge < -0.3 is 4.74 Å². The molecule has 1 rings (SSSR count). The lowest BCUT2D eigenvalue weighted by Crippen LogP contribution is -1.91. The fourth-order valence-electron chi connectivity index (χ4n) is 0.671. The molecule has 0 fully saturated rings. The first-order chi connectivity index (χ1) is 6.74. The summed E-state index contributed by atoms with van der Waals surface area (Å²) in [6.07, 6.45) is 1.56. The van der Waals surface area contributed by atoms with Gasteiger partial charge in [-0.15, -0.1) is 0 Å². The van der Waals surface area contributed by atoms with Crippen molar-refractivity contribution in [1.82, 2.24) is 4.98 Å². The lowest BCUT2D eigenvalue weighted by atomic mass is 10.3. The molecule has 0 aliphatic carbocycles. The van der Waals surface area contributed by atoms with Crippen molar-refractivity contribution >= 4 is 0 Å². The van der Waals surface area contributed by atoms with Crippen LogP contribution in [0.3, 0.4) is 0 Å². The Kier molecular flexibility index (Phi) is 10.9. The molecule has 0 aliphatic rings. The first-order valence-corrected chi connectivity index (χ1v) is 4.90. The number of hydrogen-bond donors (Lipinski definition) is 0. The van der Waals surface area contributed by atoms with Gasteiger partial charge in [0.05, 0.1) is 7.11 Å². The predicted octanol–water partition coefficient (Wildman–Crippen LogP) is 3.59. The van der Waals surface area contributed by atoms with Crippen LogP contribution in [0, 0.1) is 12.7 Å². The second-order valence-corrected chi connectivity index (χ2v) is 2.00. The van der Waals surface area contributed by atoms with Crippen LogP contribution in [0.2, 0.25) is 0 Å². The maximum absolute atomic E-state index is 12.7. The average Bonchev–Trinajstić information content (AvgIpc) is 2.24. The molecule has 0 aliphatic heterocycles. The van der Waals surface area contributed by atoms with E-state index in [9.17, 15) is 4.39 Å². The molecule has 0 saturated carbocycles. The molecule has 0 atom stereocenters. The van der Waals surface area contributed by atoms with E-state index in [0.29, 0.717) is 0 Å². The maximum atomic E-state index is 12.7. The molecule has 1 aromatic heterocycles. The van der Waals surface area contributed by atoms with Crippen molar-refractivity contribution in [3.8, 4) is 5.88 Å². The molecule has 2 nitrogen and oxygen atoms in total. The number of methoxy groups -OCH3 is 1. The van der Waals surface area contributed by atoms with Crippen LogP contribution in [0.15, 0.2) is 12.3 Å². The van der Waals surface area contributed by atoms with Crippen LogP contribution in [-0.4, -0.2) is 12.1 Å². The highest BCUT2D eigenvalue weighted by Gasteiger charge is 2.01. The summed E-state index contributed by atoms with van der Waals surface area (Å²) >= 11 is 0. The van der Waals surface area contributed by atoms with Crippen LogP contribution in [0.25, 0.3) is 0 Å². The SMILES string of the molecule is CC.CC.COc1ncc(C)cc1F. The van der Waals surface area contributed by atoms with Gasteiger partial charge in [-0.05, 0) is 18.6 Å². The van der Waals surface area contributed by atoms with Gasteiger partial charge in [0, 0.05) is 6.20 Å². The monoisotopic (exact) mass is 201 g/mol. The number of pyridine rings is 1. The van der Waals surface area contributed by atoms with E-state index in [1.54, 1.807) is 13.1 Å². The van der Waals surface area contributed by atoms with E-state index in [0.717, 1.165) is 5.56 Å². The lowest BCUT2D eigenvalue weighted by molar-refractivity contribution is 0.369. The zero-order chi connectivity index (χ0) is 11.6. The fourth-order valence-corrected chi connectivity index (χ4v) is 0.671. The van der Waals surface area contributed by atoms with Crippen molar-refractivity contribution in [1.29, 1.82) is 0 Å². The van der Waals surface area contributed by atoms with Gasteiger partial charge in [-0.1, -0.05) is 27.7 Å². The van der Waals surface area contributed by atoms with E-state index in [4.69, 9.17) is 0 Å². The smallest absolute Gasteiger partial charge is 0.250 e. The molecule has 0 spiro atoms. The van der Waals surface area contributed by atoms with Crippen LogP contribution in [-0.2, 0) is 0 Å². The summed E-state index contributed by atoms with van der Waals surface area (Å²) in [6.45, 7) is 9.77. The van der Waals surface area contributed by atoms with Gasteiger partial charge in [0.25, 0.3) is 0 Å². The molecule has 14 heavy (non-hydrogen) atoms. The minimum absolute atomic E-state index is 0.0469. The molecule has 0 bridgehead atoms. The van der Waals surface area contributed by atoms with Crippen LogP contribution >= 0.6 is 0 Å². The van der Waals surface area contributed by atoms with E-state index in [2.05, 4.69) is 9.72 Å². The molecule has 0 saturated heterocycles. The van der Waals surface area contributed by atoms with Crippen molar-refractivity contribution in [2.45, 2.75) is 34.6 Å².